The van der Waals surface area contributed by atoms with Crippen molar-refractivity contribution in [3.8, 4) is 0 Å². The van der Waals surface area contributed by atoms with E-state index in [4.69, 9.17) is 4.74 Å². The summed E-state index contributed by atoms with van der Waals surface area (Å²) in [4.78, 5) is 22.8. The molecule has 114 valence electrons. The number of fused-ring (bicyclic) bond motifs is 1. The van der Waals surface area contributed by atoms with Crippen molar-refractivity contribution in [3.05, 3.63) is 48.0 Å². The largest absolute Gasteiger partial charge is 0.466 e. The van der Waals surface area contributed by atoms with E-state index < -0.39 is 0 Å². The second-order valence-electron chi connectivity index (χ2n) is 5.89. The Labute approximate surface area is 129 Å². The molecule has 4 nitrogen and oxygen atoms in total. The Balaban J connectivity index is 1.93. The minimum atomic E-state index is -0.295. The molecule has 1 N–H and O–H groups in total. The second kappa shape index (κ2) is 5.79. The van der Waals surface area contributed by atoms with Crippen molar-refractivity contribution in [1.29, 1.82) is 0 Å². The summed E-state index contributed by atoms with van der Waals surface area (Å²) >= 11 is 0. The van der Waals surface area contributed by atoms with Crippen molar-refractivity contribution in [2.24, 2.45) is 0 Å². The predicted molar refractivity (Wildman–Crippen MR) is 84.5 cm³/mol. The molecule has 0 aliphatic carbocycles. The number of carbonyl (C=O) groups is 2. The SMILES string of the molecule is CC(=O)OCCC1(c2ccc3ccccc3c2)CNC(=O)C1. The van der Waals surface area contributed by atoms with Crippen LogP contribution in [0.2, 0.25) is 0 Å². The Morgan fingerprint density at radius 1 is 1.23 bits per heavy atom. The molecule has 2 aromatic carbocycles. The molecule has 0 spiro atoms. The summed E-state index contributed by atoms with van der Waals surface area (Å²) in [6, 6.07) is 14.5. The average Bonchev–Trinajstić information content (AvgIpc) is 2.89. The van der Waals surface area contributed by atoms with E-state index in [1.54, 1.807) is 0 Å². The molecule has 0 radical (unpaired) electrons. The lowest BCUT2D eigenvalue weighted by Gasteiger charge is -2.28. The van der Waals surface area contributed by atoms with E-state index in [9.17, 15) is 9.59 Å². The molecule has 1 heterocycles. The maximum absolute atomic E-state index is 11.8. The third-order valence-corrected chi connectivity index (χ3v) is 4.37. The first kappa shape index (κ1) is 14.6. The molecule has 4 heteroatoms. The van der Waals surface area contributed by atoms with Crippen LogP contribution in [0.5, 0.6) is 0 Å². The molecule has 1 fully saturated rings. The summed E-state index contributed by atoms with van der Waals surface area (Å²) in [5.41, 5.74) is 0.827. The normalized spacial score (nSPS) is 20.9. The van der Waals surface area contributed by atoms with Gasteiger partial charge in [-0.25, -0.2) is 0 Å². The van der Waals surface area contributed by atoms with Gasteiger partial charge in [-0.1, -0.05) is 42.5 Å². The first-order chi connectivity index (χ1) is 10.6. The van der Waals surface area contributed by atoms with Crippen LogP contribution >= 0.6 is 0 Å². The van der Waals surface area contributed by atoms with Crippen LogP contribution in [0.1, 0.15) is 25.3 Å². The summed E-state index contributed by atoms with van der Waals surface area (Å²) in [6.45, 7) is 2.32. The van der Waals surface area contributed by atoms with Gasteiger partial charge in [-0.15, -0.1) is 0 Å². The van der Waals surface area contributed by atoms with Crippen molar-refractivity contribution in [1.82, 2.24) is 5.32 Å². The van der Waals surface area contributed by atoms with Crippen molar-refractivity contribution in [2.75, 3.05) is 13.2 Å². The minimum Gasteiger partial charge on any atom is -0.466 e. The lowest BCUT2D eigenvalue weighted by molar-refractivity contribution is -0.141. The van der Waals surface area contributed by atoms with Gasteiger partial charge < -0.3 is 10.1 Å². The van der Waals surface area contributed by atoms with Crippen LogP contribution in [0.4, 0.5) is 0 Å². The lowest BCUT2D eigenvalue weighted by Crippen LogP contribution is -2.30. The van der Waals surface area contributed by atoms with Gasteiger partial charge in [0.2, 0.25) is 5.91 Å². The van der Waals surface area contributed by atoms with Crippen LogP contribution in [0, 0.1) is 0 Å². The number of nitrogens with one attached hydrogen (secondary N) is 1. The van der Waals surface area contributed by atoms with Gasteiger partial charge in [-0.3, -0.25) is 9.59 Å². The first-order valence-corrected chi connectivity index (χ1v) is 7.48. The number of ether oxygens (including phenoxy) is 1. The van der Waals surface area contributed by atoms with Crippen LogP contribution in [-0.2, 0) is 19.7 Å². The lowest BCUT2D eigenvalue weighted by atomic mass is 9.76. The van der Waals surface area contributed by atoms with Crippen molar-refractivity contribution in [2.45, 2.75) is 25.2 Å². The third-order valence-electron chi connectivity index (χ3n) is 4.37. The predicted octanol–water partition coefficient (Wildman–Crippen LogP) is 2.55. The Morgan fingerprint density at radius 2 is 2.00 bits per heavy atom. The molecule has 1 atom stereocenters. The van der Waals surface area contributed by atoms with Gasteiger partial charge in [0, 0.05) is 25.3 Å². The molecule has 22 heavy (non-hydrogen) atoms. The van der Waals surface area contributed by atoms with Crippen molar-refractivity contribution >= 4 is 22.6 Å². The van der Waals surface area contributed by atoms with Crippen LogP contribution in [0.15, 0.2) is 42.5 Å². The summed E-state index contributed by atoms with van der Waals surface area (Å²) in [5.74, 6) is -0.234. The van der Waals surface area contributed by atoms with Crippen LogP contribution < -0.4 is 5.32 Å². The quantitative estimate of drug-likeness (QED) is 0.882. The average molecular weight is 297 g/mol. The van der Waals surface area contributed by atoms with Crippen LogP contribution in [-0.4, -0.2) is 25.0 Å². The smallest absolute Gasteiger partial charge is 0.302 e. The molecular formula is C18H19NO3. The van der Waals surface area contributed by atoms with Gasteiger partial charge >= 0.3 is 5.97 Å². The van der Waals surface area contributed by atoms with Gasteiger partial charge in [0.05, 0.1) is 6.61 Å². The highest BCUT2D eigenvalue weighted by Gasteiger charge is 2.40. The van der Waals surface area contributed by atoms with Gasteiger partial charge in [0.15, 0.2) is 0 Å². The molecule has 0 bridgehead atoms. The highest BCUT2D eigenvalue weighted by molar-refractivity contribution is 5.85. The van der Waals surface area contributed by atoms with E-state index in [0.717, 1.165) is 10.9 Å². The molecule has 1 amide bonds. The zero-order chi connectivity index (χ0) is 15.6. The molecule has 1 aliphatic rings. The number of rotatable bonds is 4. The fourth-order valence-corrected chi connectivity index (χ4v) is 3.13. The molecule has 0 aromatic heterocycles. The number of hydrogen-bond donors (Lipinski definition) is 1. The van der Waals surface area contributed by atoms with Crippen molar-refractivity contribution in [3.63, 3.8) is 0 Å². The summed E-state index contributed by atoms with van der Waals surface area (Å²) in [5, 5.41) is 5.25. The maximum Gasteiger partial charge on any atom is 0.302 e. The van der Waals surface area contributed by atoms with Gasteiger partial charge in [0.25, 0.3) is 0 Å². The topological polar surface area (TPSA) is 55.4 Å². The molecule has 1 unspecified atom stereocenters. The highest BCUT2D eigenvalue weighted by atomic mass is 16.5. The first-order valence-electron chi connectivity index (χ1n) is 7.48. The Bertz CT molecular complexity index is 725. The Kier molecular flexibility index (Phi) is 3.84. The fraction of sp³-hybridized carbons (Fsp3) is 0.333. The number of carbonyl (C=O) groups excluding carboxylic acids is 2. The van der Waals surface area contributed by atoms with E-state index in [-0.39, 0.29) is 17.3 Å². The monoisotopic (exact) mass is 297 g/mol. The molecule has 1 aliphatic heterocycles. The van der Waals surface area contributed by atoms with Crippen LogP contribution in [0.25, 0.3) is 10.8 Å². The van der Waals surface area contributed by atoms with Crippen molar-refractivity contribution < 1.29 is 14.3 Å². The molecule has 3 rings (SSSR count). The van der Waals surface area contributed by atoms with Gasteiger partial charge in [0.1, 0.15) is 0 Å². The Morgan fingerprint density at radius 3 is 2.68 bits per heavy atom. The molecular weight excluding hydrogens is 278 g/mol. The summed E-state index contributed by atoms with van der Waals surface area (Å²) < 4.78 is 5.10. The van der Waals surface area contributed by atoms with Gasteiger partial charge in [-0.05, 0) is 22.8 Å². The fourth-order valence-electron chi connectivity index (χ4n) is 3.13. The zero-order valence-corrected chi connectivity index (χ0v) is 12.6. The third kappa shape index (κ3) is 2.82. The summed E-state index contributed by atoms with van der Waals surface area (Å²) in [7, 11) is 0. The number of hydrogen-bond acceptors (Lipinski definition) is 3. The van der Waals surface area contributed by atoms with Crippen LogP contribution in [0.3, 0.4) is 0 Å². The van der Waals surface area contributed by atoms with E-state index >= 15 is 0 Å². The van der Waals surface area contributed by atoms with E-state index in [0.29, 0.717) is 26.0 Å². The molecule has 2 aromatic rings. The van der Waals surface area contributed by atoms with E-state index in [1.165, 1.54) is 12.3 Å². The maximum atomic E-state index is 11.8. The Hall–Kier alpha value is -2.36. The number of esters is 1. The minimum absolute atomic E-state index is 0.0518. The van der Waals surface area contributed by atoms with Gasteiger partial charge in [-0.2, -0.15) is 0 Å². The molecule has 0 saturated carbocycles. The zero-order valence-electron chi connectivity index (χ0n) is 12.6. The second-order valence-corrected chi connectivity index (χ2v) is 5.89. The summed E-state index contributed by atoms with van der Waals surface area (Å²) in [6.07, 6.45) is 1.08. The van der Waals surface area contributed by atoms with E-state index in [2.05, 4.69) is 35.6 Å². The highest BCUT2D eigenvalue weighted by Crippen LogP contribution is 2.36. The number of amides is 1. The number of benzene rings is 2. The standard InChI is InChI=1S/C18H19NO3/c1-13(20)22-9-8-18(11-17(21)19-12-18)16-7-6-14-4-2-3-5-15(14)10-16/h2-7,10H,8-9,11-12H2,1H3,(H,19,21). The molecule has 1 saturated heterocycles. The van der Waals surface area contributed by atoms with E-state index in [1.807, 2.05) is 12.1 Å².